The molecule has 4 aromatic rings. The van der Waals surface area contributed by atoms with Crippen LogP contribution in [0.4, 0.5) is 11.1 Å². The lowest BCUT2D eigenvalue weighted by Gasteiger charge is -2.29. The van der Waals surface area contributed by atoms with Crippen molar-refractivity contribution in [1.82, 2.24) is 15.2 Å². The monoisotopic (exact) mass is 465 g/mol. The molecule has 2 aromatic carbocycles. The molecule has 0 bridgehead atoms. The van der Waals surface area contributed by atoms with E-state index in [1.54, 1.807) is 11.8 Å². The number of carbonyl (C=O) groups excluding carboxylic acids is 1. The summed E-state index contributed by atoms with van der Waals surface area (Å²) in [6.07, 6.45) is 1.50. The van der Waals surface area contributed by atoms with E-state index in [0.717, 1.165) is 47.1 Å². The highest BCUT2D eigenvalue weighted by Crippen LogP contribution is 2.30. The first-order valence-corrected chi connectivity index (χ1v) is 12.4. The predicted molar refractivity (Wildman–Crippen MR) is 128 cm³/mol. The van der Waals surface area contributed by atoms with Crippen molar-refractivity contribution in [2.45, 2.75) is 29.9 Å². The highest BCUT2D eigenvalue weighted by Gasteiger charge is 2.28. The van der Waals surface area contributed by atoms with Gasteiger partial charge in [-0.3, -0.25) is 4.79 Å². The van der Waals surface area contributed by atoms with Crippen molar-refractivity contribution >= 4 is 51.3 Å². The van der Waals surface area contributed by atoms with Gasteiger partial charge >= 0.3 is 0 Å². The molecule has 7 nitrogen and oxygen atoms in total. The molecule has 1 saturated heterocycles. The molecule has 0 unspecified atom stereocenters. The Kier molecular flexibility index (Phi) is 6.09. The second kappa shape index (κ2) is 9.30. The lowest BCUT2D eigenvalue weighted by atomic mass is 9.96. The van der Waals surface area contributed by atoms with Crippen molar-refractivity contribution in [3.05, 3.63) is 59.7 Å². The average Bonchev–Trinajstić information content (AvgIpc) is 3.45. The highest BCUT2D eigenvalue weighted by molar-refractivity contribution is 8.00. The number of carbonyl (C=O) groups is 1. The third-order valence-corrected chi connectivity index (χ3v) is 7.58. The average molecular weight is 466 g/mol. The maximum Gasteiger partial charge on any atom is 0.298 e. The number of aromatic nitrogens is 3. The summed E-state index contributed by atoms with van der Waals surface area (Å²) >= 11 is 3.05. The first kappa shape index (κ1) is 21.0. The van der Waals surface area contributed by atoms with Crippen LogP contribution in [-0.4, -0.2) is 34.2 Å². The summed E-state index contributed by atoms with van der Waals surface area (Å²) in [6.45, 7) is 3.55. The molecule has 9 heteroatoms. The molecule has 2 aromatic heterocycles. The summed E-state index contributed by atoms with van der Waals surface area (Å²) in [7, 11) is 0. The predicted octanol–water partition coefficient (Wildman–Crippen LogP) is 5.14. The molecule has 3 heterocycles. The number of hydrogen-bond donors (Lipinski definition) is 1. The largest absolute Gasteiger partial charge is 0.423 e. The zero-order chi connectivity index (χ0) is 21.9. The lowest BCUT2D eigenvalue weighted by Crippen LogP contribution is -2.38. The first-order valence-electron chi connectivity index (χ1n) is 10.6. The highest BCUT2D eigenvalue weighted by atomic mass is 32.2. The Bertz CT molecular complexity index is 1180. The van der Waals surface area contributed by atoms with E-state index in [2.05, 4.69) is 56.6 Å². The number of fused-ring (bicyclic) bond motifs is 1. The van der Waals surface area contributed by atoms with E-state index in [0.29, 0.717) is 11.1 Å². The number of para-hydroxylation sites is 2. The van der Waals surface area contributed by atoms with Gasteiger partial charge in [0.05, 0.1) is 0 Å². The van der Waals surface area contributed by atoms with Crippen LogP contribution in [0.2, 0.25) is 0 Å². The molecule has 32 heavy (non-hydrogen) atoms. The van der Waals surface area contributed by atoms with Gasteiger partial charge in [-0.2, -0.15) is 4.98 Å². The third kappa shape index (κ3) is 4.78. The van der Waals surface area contributed by atoms with E-state index >= 15 is 0 Å². The Hall–Kier alpha value is -2.91. The molecular weight excluding hydrogens is 442 g/mol. The van der Waals surface area contributed by atoms with Gasteiger partial charge in [0, 0.05) is 24.8 Å². The van der Waals surface area contributed by atoms with E-state index in [1.165, 1.54) is 22.5 Å². The standard InChI is InChI=1S/C23H23N5O2S2/c1-15-6-8-16(9-7-15)14-31-23-27-26-21(32-23)25-20(29)17-10-12-28(13-11-17)22-24-18-4-2-3-5-19(18)30-22/h2-9,17H,10-14H2,1H3,(H,25,26,29). The first-order chi connectivity index (χ1) is 15.6. The molecule has 5 rings (SSSR count). The minimum Gasteiger partial charge on any atom is -0.423 e. The van der Waals surface area contributed by atoms with Crippen molar-refractivity contribution in [3.63, 3.8) is 0 Å². The zero-order valence-electron chi connectivity index (χ0n) is 17.7. The molecule has 1 aliphatic heterocycles. The van der Waals surface area contributed by atoms with Gasteiger partial charge in [0.1, 0.15) is 5.52 Å². The molecule has 164 valence electrons. The summed E-state index contributed by atoms with van der Waals surface area (Å²) in [5, 5.41) is 11.9. The van der Waals surface area contributed by atoms with Crippen LogP contribution in [0.25, 0.3) is 11.1 Å². The van der Waals surface area contributed by atoms with Gasteiger partial charge in [-0.05, 0) is 37.5 Å². The number of amides is 1. The minimum absolute atomic E-state index is 0.00782. The Morgan fingerprint density at radius 2 is 1.94 bits per heavy atom. The molecule has 1 fully saturated rings. The van der Waals surface area contributed by atoms with Crippen molar-refractivity contribution in [3.8, 4) is 0 Å². The molecule has 1 amide bonds. The smallest absolute Gasteiger partial charge is 0.298 e. The number of hydrogen-bond acceptors (Lipinski definition) is 8. The molecule has 0 atom stereocenters. The molecular formula is C23H23N5O2S2. The maximum absolute atomic E-state index is 12.7. The number of oxazole rings is 1. The van der Waals surface area contributed by atoms with Crippen LogP contribution in [0, 0.1) is 12.8 Å². The van der Waals surface area contributed by atoms with Crippen LogP contribution in [0.15, 0.2) is 57.3 Å². The minimum atomic E-state index is -0.0526. The number of nitrogens with zero attached hydrogens (tertiary/aromatic N) is 4. The molecule has 1 N–H and O–H groups in total. The molecule has 0 spiro atoms. The fraction of sp³-hybridized carbons (Fsp3) is 0.304. The number of thioether (sulfide) groups is 1. The number of benzene rings is 2. The van der Waals surface area contributed by atoms with Crippen LogP contribution in [0.1, 0.15) is 24.0 Å². The van der Waals surface area contributed by atoms with E-state index in [1.807, 2.05) is 24.3 Å². The van der Waals surface area contributed by atoms with Crippen molar-refractivity contribution in [2.75, 3.05) is 23.3 Å². The molecule has 1 aliphatic rings. The fourth-order valence-corrected chi connectivity index (χ4v) is 5.39. The summed E-state index contributed by atoms with van der Waals surface area (Å²) in [5.41, 5.74) is 4.14. The molecule has 0 aliphatic carbocycles. The third-order valence-electron chi connectivity index (χ3n) is 5.54. The second-order valence-electron chi connectivity index (χ2n) is 7.86. The van der Waals surface area contributed by atoms with Gasteiger partial charge in [0.15, 0.2) is 9.92 Å². The summed E-state index contributed by atoms with van der Waals surface area (Å²) in [4.78, 5) is 19.4. The van der Waals surface area contributed by atoms with Gasteiger partial charge in [0.2, 0.25) is 11.0 Å². The van der Waals surface area contributed by atoms with Crippen LogP contribution in [0.3, 0.4) is 0 Å². The number of anilines is 2. The van der Waals surface area contributed by atoms with Crippen molar-refractivity contribution in [2.24, 2.45) is 5.92 Å². The van der Waals surface area contributed by atoms with Crippen LogP contribution < -0.4 is 10.2 Å². The van der Waals surface area contributed by atoms with Gasteiger partial charge < -0.3 is 14.6 Å². The Labute approximate surface area is 194 Å². The van der Waals surface area contributed by atoms with Crippen molar-refractivity contribution < 1.29 is 9.21 Å². The zero-order valence-corrected chi connectivity index (χ0v) is 19.3. The van der Waals surface area contributed by atoms with E-state index in [-0.39, 0.29) is 11.8 Å². The number of piperidine rings is 1. The maximum atomic E-state index is 12.7. The summed E-state index contributed by atoms with van der Waals surface area (Å²) in [5.74, 6) is 0.786. The van der Waals surface area contributed by atoms with E-state index in [4.69, 9.17) is 4.42 Å². The van der Waals surface area contributed by atoms with Crippen LogP contribution >= 0.6 is 23.1 Å². The second-order valence-corrected chi connectivity index (χ2v) is 10.1. The normalized spacial score (nSPS) is 14.7. The topological polar surface area (TPSA) is 84.2 Å². The summed E-state index contributed by atoms with van der Waals surface area (Å²) in [6, 6.07) is 16.8. The lowest BCUT2D eigenvalue weighted by molar-refractivity contribution is -0.120. The SMILES string of the molecule is Cc1ccc(CSc2nnc(NC(=O)C3CCN(c4nc5ccccc5o4)CC3)s2)cc1. The number of rotatable bonds is 6. The number of aryl methyl sites for hydroxylation is 1. The van der Waals surface area contributed by atoms with Gasteiger partial charge in [0.25, 0.3) is 6.01 Å². The van der Waals surface area contributed by atoms with Gasteiger partial charge in [-0.15, -0.1) is 10.2 Å². The van der Waals surface area contributed by atoms with Crippen LogP contribution in [-0.2, 0) is 10.5 Å². The molecule has 0 radical (unpaired) electrons. The van der Waals surface area contributed by atoms with Crippen LogP contribution in [0.5, 0.6) is 0 Å². The Balaban J connectivity index is 1.12. The Morgan fingerprint density at radius 1 is 1.16 bits per heavy atom. The quantitative estimate of drug-likeness (QED) is 0.312. The van der Waals surface area contributed by atoms with Crippen molar-refractivity contribution in [1.29, 1.82) is 0 Å². The Morgan fingerprint density at radius 3 is 2.72 bits per heavy atom. The fourth-order valence-electron chi connectivity index (χ4n) is 3.68. The summed E-state index contributed by atoms with van der Waals surface area (Å²) < 4.78 is 6.71. The molecule has 0 saturated carbocycles. The van der Waals surface area contributed by atoms with Gasteiger partial charge in [-0.25, -0.2) is 0 Å². The van der Waals surface area contributed by atoms with E-state index < -0.39 is 0 Å². The van der Waals surface area contributed by atoms with Gasteiger partial charge in [-0.1, -0.05) is 65.1 Å². The van der Waals surface area contributed by atoms with E-state index in [9.17, 15) is 4.79 Å². The number of nitrogens with one attached hydrogen (secondary N) is 1.